The highest BCUT2D eigenvalue weighted by Gasteiger charge is 2.43. The molecule has 14 heteroatoms. The van der Waals surface area contributed by atoms with Gasteiger partial charge in [-0.05, 0) is 57.7 Å². The molecule has 40 heavy (non-hydrogen) atoms. The lowest BCUT2D eigenvalue weighted by Crippen LogP contribution is -2.18. The van der Waals surface area contributed by atoms with Crippen molar-refractivity contribution in [3.63, 3.8) is 0 Å². The molecular weight excluding hydrogens is 578 g/mol. The highest BCUT2D eigenvalue weighted by molar-refractivity contribution is 8.76. The minimum Gasteiger partial charge on any atom is -0.469 e. The lowest BCUT2D eigenvalue weighted by molar-refractivity contribution is -0.139. The molecule has 4 heterocycles. The summed E-state index contributed by atoms with van der Waals surface area (Å²) in [7, 11) is 1.07. The molecule has 0 atom stereocenters. The van der Waals surface area contributed by atoms with Crippen LogP contribution >= 0.6 is 21.6 Å². The number of alkyl halides is 6. The summed E-state index contributed by atoms with van der Waals surface area (Å²) in [6.45, 7) is 0. The second kappa shape index (κ2) is 9.35. The fraction of sp³-hybridized carbons (Fsp3) is 0.231. The highest BCUT2D eigenvalue weighted by Crippen LogP contribution is 2.50. The fourth-order valence-corrected chi connectivity index (χ4v) is 7.21. The van der Waals surface area contributed by atoms with Crippen molar-refractivity contribution < 1.29 is 35.2 Å². The molecule has 202 valence electrons. The first-order valence-electron chi connectivity index (χ1n) is 11.6. The van der Waals surface area contributed by atoms with E-state index in [4.69, 9.17) is 8.83 Å². The fourth-order valence-electron chi connectivity index (χ4n) is 5.13. The zero-order valence-corrected chi connectivity index (χ0v) is 21.5. The summed E-state index contributed by atoms with van der Waals surface area (Å²) in [4.78, 5) is 8.68. The van der Waals surface area contributed by atoms with Crippen LogP contribution in [0.4, 0.5) is 26.3 Å². The summed E-state index contributed by atoms with van der Waals surface area (Å²) in [6, 6.07) is 6.12. The molecule has 0 saturated heterocycles. The second-order valence-electron chi connectivity index (χ2n) is 8.89. The number of hydrogen-bond donors (Lipinski definition) is 0. The number of fused-ring (bicyclic) bond motifs is 6. The minimum absolute atomic E-state index is 0.0117. The molecular formula is C26H12F6N4O2S2. The lowest BCUT2D eigenvalue weighted by Gasteiger charge is -2.23. The van der Waals surface area contributed by atoms with Crippen molar-refractivity contribution in [1.82, 2.24) is 9.97 Å². The molecule has 0 N–H and O–H groups in total. The Morgan fingerprint density at radius 1 is 0.675 bits per heavy atom. The summed E-state index contributed by atoms with van der Waals surface area (Å²) in [5.74, 6) is 0.880. The molecule has 0 bridgehead atoms. The van der Waals surface area contributed by atoms with Crippen LogP contribution in [0.5, 0.6) is 0 Å². The van der Waals surface area contributed by atoms with Crippen LogP contribution in [0.2, 0.25) is 0 Å². The van der Waals surface area contributed by atoms with E-state index < -0.39 is 34.6 Å². The Bertz CT molecular complexity index is 1650. The van der Waals surface area contributed by atoms with Crippen LogP contribution < -0.4 is 0 Å². The number of nitriles is 2. The van der Waals surface area contributed by atoms with E-state index in [1.165, 1.54) is 24.7 Å². The monoisotopic (exact) mass is 590 g/mol. The van der Waals surface area contributed by atoms with Crippen LogP contribution in [0.1, 0.15) is 44.9 Å². The first kappa shape index (κ1) is 26.3. The molecule has 0 saturated carbocycles. The maximum atomic E-state index is 14.3. The molecule has 4 aromatic heterocycles. The van der Waals surface area contributed by atoms with Crippen molar-refractivity contribution in [2.75, 3.05) is 0 Å². The van der Waals surface area contributed by atoms with Crippen LogP contribution in [0.15, 0.2) is 43.5 Å². The molecule has 0 radical (unpaired) electrons. The van der Waals surface area contributed by atoms with E-state index in [1.54, 1.807) is 12.1 Å². The summed E-state index contributed by atoms with van der Waals surface area (Å²) in [5, 5.41) is 18.8. The third-order valence-electron chi connectivity index (χ3n) is 6.72. The van der Waals surface area contributed by atoms with Gasteiger partial charge >= 0.3 is 12.4 Å². The largest absolute Gasteiger partial charge is 0.469 e. The number of nitrogens with zero attached hydrogens (tertiary/aromatic N) is 4. The SMILES string of the molecule is N#Cc1c(SSc2nc3c(c(C(F)(F)F)c2C#N)CCc2occc2-3)nc2c(c1C(F)(F)F)CCc1occc1-2. The predicted molar refractivity (Wildman–Crippen MR) is 130 cm³/mol. The van der Waals surface area contributed by atoms with Gasteiger partial charge in [-0.1, -0.05) is 0 Å². The number of hydrogen-bond acceptors (Lipinski definition) is 8. The first-order valence-corrected chi connectivity index (χ1v) is 13.7. The number of aryl methyl sites for hydroxylation is 2. The number of rotatable bonds is 3. The molecule has 2 aliphatic carbocycles. The van der Waals surface area contributed by atoms with Gasteiger partial charge in [-0.25, -0.2) is 9.97 Å². The number of halogens is 6. The van der Waals surface area contributed by atoms with Crippen molar-refractivity contribution >= 4 is 21.6 Å². The van der Waals surface area contributed by atoms with Crippen LogP contribution in [0.3, 0.4) is 0 Å². The van der Waals surface area contributed by atoms with E-state index in [2.05, 4.69) is 9.97 Å². The molecule has 0 unspecified atom stereocenters. The summed E-state index contributed by atoms with van der Waals surface area (Å²) < 4.78 is 96.3. The molecule has 0 amide bonds. The molecule has 2 aliphatic rings. The van der Waals surface area contributed by atoms with E-state index in [9.17, 15) is 36.9 Å². The Hall–Kier alpha value is -3.88. The standard InChI is InChI=1S/C26H12F6N4O2S2/c27-25(28,29)19-13-1-3-17-11(5-7-37-17)21(13)35-23(15(19)9-33)39-40-24-16(10-34)20(26(30,31)32)14-2-4-18-12(6-8-38-18)22(14)36-24/h5-8H,1-4H2. The normalized spacial score (nSPS) is 14.0. The second-order valence-corrected chi connectivity index (χ2v) is 11.0. The molecule has 0 aliphatic heterocycles. The van der Waals surface area contributed by atoms with E-state index in [0.29, 0.717) is 44.2 Å². The molecule has 0 spiro atoms. The maximum absolute atomic E-state index is 14.3. The van der Waals surface area contributed by atoms with Gasteiger partial charge in [-0.3, -0.25) is 0 Å². The Balaban J connectivity index is 1.51. The first-order chi connectivity index (χ1) is 19.0. The van der Waals surface area contributed by atoms with Crippen molar-refractivity contribution in [2.45, 2.75) is 48.1 Å². The quantitative estimate of drug-likeness (QED) is 0.176. The average molecular weight is 591 g/mol. The van der Waals surface area contributed by atoms with Crippen molar-refractivity contribution in [3.05, 3.63) is 69.6 Å². The van der Waals surface area contributed by atoms with Gasteiger partial charge in [0, 0.05) is 24.0 Å². The maximum Gasteiger partial charge on any atom is 0.418 e. The van der Waals surface area contributed by atoms with E-state index in [0.717, 1.165) is 0 Å². The van der Waals surface area contributed by atoms with Gasteiger partial charge in [-0.15, -0.1) is 0 Å². The predicted octanol–water partition coefficient (Wildman–Crippen LogP) is 7.77. The highest BCUT2D eigenvalue weighted by atomic mass is 33.1. The van der Waals surface area contributed by atoms with Crippen LogP contribution in [0, 0.1) is 22.7 Å². The molecule has 6 rings (SSSR count). The van der Waals surface area contributed by atoms with Crippen LogP contribution in [-0.2, 0) is 38.0 Å². The Morgan fingerprint density at radius 3 is 1.43 bits per heavy atom. The number of aromatic nitrogens is 2. The molecule has 6 nitrogen and oxygen atoms in total. The summed E-state index contributed by atoms with van der Waals surface area (Å²) >= 11 is 0. The van der Waals surface area contributed by atoms with Gasteiger partial charge in [0.15, 0.2) is 0 Å². The molecule has 0 fully saturated rings. The molecule has 4 aromatic rings. The zero-order valence-electron chi connectivity index (χ0n) is 19.8. The Labute approximate surface area is 229 Å². The van der Waals surface area contributed by atoms with Crippen molar-refractivity contribution in [1.29, 1.82) is 10.5 Å². The van der Waals surface area contributed by atoms with E-state index in [1.807, 2.05) is 0 Å². The summed E-state index contributed by atoms with van der Waals surface area (Å²) in [5.41, 5.74) is -3.42. The number of furan rings is 2. The van der Waals surface area contributed by atoms with Gasteiger partial charge < -0.3 is 8.83 Å². The summed E-state index contributed by atoms with van der Waals surface area (Å²) in [6.07, 6.45) is -6.89. The van der Waals surface area contributed by atoms with Crippen LogP contribution in [0.25, 0.3) is 22.5 Å². The van der Waals surface area contributed by atoms with Crippen LogP contribution in [-0.4, -0.2) is 9.97 Å². The van der Waals surface area contributed by atoms with Gasteiger partial charge in [0.2, 0.25) is 0 Å². The molecule has 0 aromatic carbocycles. The van der Waals surface area contributed by atoms with Gasteiger partial charge in [-0.2, -0.15) is 36.9 Å². The van der Waals surface area contributed by atoms with Crippen molar-refractivity contribution in [2.24, 2.45) is 0 Å². The third-order valence-corrected chi connectivity index (χ3v) is 8.91. The minimum atomic E-state index is -4.90. The number of pyridine rings is 2. The Morgan fingerprint density at radius 2 is 1.07 bits per heavy atom. The topological polar surface area (TPSA) is 99.6 Å². The van der Waals surface area contributed by atoms with E-state index >= 15 is 0 Å². The zero-order chi connectivity index (χ0) is 28.4. The van der Waals surface area contributed by atoms with E-state index in [-0.39, 0.29) is 58.2 Å². The van der Waals surface area contributed by atoms with Gasteiger partial charge in [0.1, 0.15) is 33.7 Å². The van der Waals surface area contributed by atoms with Gasteiger partial charge in [0.05, 0.1) is 46.2 Å². The van der Waals surface area contributed by atoms with Gasteiger partial charge in [0.25, 0.3) is 0 Å². The van der Waals surface area contributed by atoms with Crippen molar-refractivity contribution in [3.8, 4) is 34.7 Å². The average Bonchev–Trinajstić information content (AvgIpc) is 3.58. The third kappa shape index (κ3) is 4.14. The Kier molecular flexibility index (Phi) is 6.16. The smallest absolute Gasteiger partial charge is 0.418 e. The lowest BCUT2D eigenvalue weighted by atomic mass is 9.89.